The van der Waals surface area contributed by atoms with Crippen molar-refractivity contribution in [3.63, 3.8) is 0 Å². The molecule has 0 radical (unpaired) electrons. The van der Waals surface area contributed by atoms with Crippen LogP contribution in [0.25, 0.3) is 8.25 Å². The van der Waals surface area contributed by atoms with Crippen molar-refractivity contribution in [2.75, 3.05) is 47.1 Å². The van der Waals surface area contributed by atoms with Crippen LogP contribution in [-0.4, -0.2) is 128 Å². The lowest BCUT2D eigenvalue weighted by Gasteiger charge is -2.22. The fraction of sp³-hybridized carbons (Fsp3) is 0.800. The molecule has 0 bridgehead atoms. The first-order valence-corrected chi connectivity index (χ1v) is 18.9. The van der Waals surface area contributed by atoms with Gasteiger partial charge in [-0.05, 0) is 6.42 Å². The van der Waals surface area contributed by atoms with Gasteiger partial charge in [-0.2, -0.15) is 52.7 Å². The number of nitrogens with zero attached hydrogens (tertiary/aromatic N) is 6. The number of aliphatic hydroxyl groups is 1. The summed E-state index contributed by atoms with van der Waals surface area (Å²) in [6.07, 6.45) is 13.7. The Bertz CT molecular complexity index is 1400. The van der Waals surface area contributed by atoms with Gasteiger partial charge in [0.05, 0.1) is 19.9 Å². The standard InChI is InChI=1S/C10H20N2.C6H12N2O.2C2F6NO4S2/c1-3-4-5-6-7-12-9-8-11(2)10-12;1-7-2-3-8(6-7)4-5-9;2*3-1(4,5)14(10,11)9-15(12,13)2(6,7)8/h8-9H,3-7,10H2,1-2H3;2-3,9H,4-6H2,1H3;;/q;;2*-1. The van der Waals surface area contributed by atoms with E-state index in [0.29, 0.717) is 0 Å². The van der Waals surface area contributed by atoms with Crippen LogP contribution in [0, 0.1) is 0 Å². The predicted octanol–water partition coefficient (Wildman–Crippen LogP) is 4.02. The number of aliphatic hydroxyl groups excluding tert-OH is 1. The van der Waals surface area contributed by atoms with Crippen molar-refractivity contribution in [1.82, 2.24) is 19.6 Å². The highest BCUT2D eigenvalue weighted by molar-refractivity contribution is 8.13. The molecule has 0 amide bonds. The summed E-state index contributed by atoms with van der Waals surface area (Å²) in [6, 6.07) is 0. The van der Waals surface area contributed by atoms with E-state index < -0.39 is 62.1 Å². The maximum absolute atomic E-state index is 11.4. The van der Waals surface area contributed by atoms with Crippen molar-refractivity contribution in [1.29, 1.82) is 0 Å². The van der Waals surface area contributed by atoms with Gasteiger partial charge in [0.2, 0.25) is 0 Å². The maximum atomic E-state index is 11.4. The second-order valence-electron chi connectivity index (χ2n) is 9.63. The third-order valence-electron chi connectivity index (χ3n) is 5.12. The van der Waals surface area contributed by atoms with Crippen LogP contribution in [0.4, 0.5) is 52.7 Å². The van der Waals surface area contributed by atoms with Crippen LogP contribution in [0.1, 0.15) is 32.6 Å². The molecule has 0 saturated heterocycles. The summed E-state index contributed by atoms with van der Waals surface area (Å²) in [5, 5.41) is 8.52. The van der Waals surface area contributed by atoms with Gasteiger partial charge in [-0.3, -0.25) is 0 Å². The maximum Gasteiger partial charge on any atom is 0.480 e. The zero-order valence-electron chi connectivity index (χ0n) is 26.2. The topological polar surface area (TPSA) is 198 Å². The van der Waals surface area contributed by atoms with Crippen LogP contribution in [-0.2, 0) is 40.1 Å². The van der Waals surface area contributed by atoms with Gasteiger partial charge in [-0.25, -0.2) is 33.7 Å². The summed E-state index contributed by atoms with van der Waals surface area (Å²) in [5.74, 6) is 0. The SMILES string of the molecule is CCCCCCN1C=CN(C)C1.CN1C=CN(CCO)C1.O=S(=O)([N-]S(=O)(=O)C(F)(F)F)C(F)(F)F.O=S(=O)([N-]S(=O)(=O)C(F)(F)F)C(F)(F)F. The number of hydrogen-bond acceptors (Lipinski definition) is 13. The monoisotopic (exact) mass is 856 g/mol. The van der Waals surface area contributed by atoms with Crippen molar-refractivity contribution in [3.05, 3.63) is 33.1 Å². The summed E-state index contributed by atoms with van der Waals surface area (Å²) < 4.78 is 218. The number of halogens is 12. The number of rotatable bonds is 11. The highest BCUT2D eigenvalue weighted by Crippen LogP contribution is 2.37. The molecule has 1 N–H and O–H groups in total. The lowest BCUT2D eigenvalue weighted by atomic mass is 10.2. The van der Waals surface area contributed by atoms with Crippen molar-refractivity contribution in [2.24, 2.45) is 0 Å². The van der Waals surface area contributed by atoms with Gasteiger partial charge in [0.25, 0.3) is 0 Å². The summed E-state index contributed by atoms with van der Waals surface area (Å²) in [5.41, 5.74) is -24.8. The third-order valence-corrected chi connectivity index (χ3v) is 10.6. The molecule has 51 heavy (non-hydrogen) atoms. The molecule has 0 unspecified atom stereocenters. The molecule has 2 aliphatic heterocycles. The van der Waals surface area contributed by atoms with E-state index >= 15 is 0 Å². The van der Waals surface area contributed by atoms with Crippen molar-refractivity contribution < 1.29 is 91.5 Å². The Hall–Kier alpha value is -2.48. The molecule has 2 heterocycles. The van der Waals surface area contributed by atoms with Crippen LogP contribution in [0.2, 0.25) is 0 Å². The van der Waals surface area contributed by atoms with E-state index in [4.69, 9.17) is 5.11 Å². The van der Waals surface area contributed by atoms with Crippen LogP contribution in [0.5, 0.6) is 0 Å². The molecule has 0 atom stereocenters. The van der Waals surface area contributed by atoms with E-state index in [1.54, 1.807) is 0 Å². The summed E-state index contributed by atoms with van der Waals surface area (Å²) in [7, 11) is -22.8. The van der Waals surface area contributed by atoms with Crippen molar-refractivity contribution >= 4 is 40.1 Å². The Morgan fingerprint density at radius 3 is 1.04 bits per heavy atom. The highest BCUT2D eigenvalue weighted by atomic mass is 32.3. The molecule has 15 nitrogen and oxygen atoms in total. The fourth-order valence-corrected chi connectivity index (χ4v) is 6.18. The minimum Gasteiger partial charge on any atom is -0.421 e. The van der Waals surface area contributed by atoms with Gasteiger partial charge in [-0.15, -0.1) is 0 Å². The van der Waals surface area contributed by atoms with Crippen LogP contribution in [0.3, 0.4) is 0 Å². The molecular formula is C20H32F12N6O9S4-2. The second kappa shape index (κ2) is 19.6. The fourth-order valence-electron chi connectivity index (χ4n) is 2.77. The molecule has 306 valence electrons. The smallest absolute Gasteiger partial charge is 0.421 e. The van der Waals surface area contributed by atoms with Crippen LogP contribution in [0.15, 0.2) is 24.8 Å². The molecular weight excluding hydrogens is 824 g/mol. The van der Waals surface area contributed by atoms with Crippen LogP contribution < -0.4 is 0 Å². The summed E-state index contributed by atoms with van der Waals surface area (Å²) in [4.78, 5) is 8.70. The van der Waals surface area contributed by atoms with E-state index in [9.17, 15) is 86.4 Å². The lowest BCUT2D eigenvalue weighted by molar-refractivity contribution is -0.0456. The van der Waals surface area contributed by atoms with Gasteiger partial charge in [0, 0.05) is 52.0 Å². The molecule has 0 aromatic carbocycles. The predicted molar refractivity (Wildman–Crippen MR) is 155 cm³/mol. The average Bonchev–Trinajstić information content (AvgIpc) is 3.51. The first-order valence-electron chi connectivity index (χ1n) is 13.2. The minimum atomic E-state index is -6.72. The highest BCUT2D eigenvalue weighted by Gasteiger charge is 2.48. The minimum absolute atomic E-state index is 0.234. The Morgan fingerprint density at radius 1 is 0.529 bits per heavy atom. The number of unbranched alkanes of at least 4 members (excludes halogenated alkanes) is 3. The first-order chi connectivity index (χ1) is 22.6. The Morgan fingerprint density at radius 2 is 0.824 bits per heavy atom. The Balaban J connectivity index is 0. The van der Waals surface area contributed by atoms with E-state index in [1.165, 1.54) is 32.2 Å². The van der Waals surface area contributed by atoms with Crippen molar-refractivity contribution in [2.45, 2.75) is 54.6 Å². The molecule has 31 heteroatoms. The number of sulfonamides is 4. The second-order valence-corrected chi connectivity index (χ2v) is 16.5. The molecule has 0 fully saturated rings. The van der Waals surface area contributed by atoms with E-state index in [2.05, 4.69) is 46.0 Å². The van der Waals surface area contributed by atoms with Gasteiger partial charge in [0.15, 0.2) is 40.1 Å². The van der Waals surface area contributed by atoms with Gasteiger partial charge < -0.3 is 33.0 Å². The molecule has 2 rings (SSSR count). The molecule has 0 aliphatic carbocycles. The largest absolute Gasteiger partial charge is 0.480 e. The van der Waals surface area contributed by atoms with Gasteiger partial charge >= 0.3 is 22.0 Å². The number of β-amino-alcohol motifs (C(OH)–C–C–N with tert-alkyl or cyclic N) is 1. The summed E-state index contributed by atoms with van der Waals surface area (Å²) >= 11 is 0. The average molecular weight is 857 g/mol. The van der Waals surface area contributed by atoms with E-state index in [-0.39, 0.29) is 6.61 Å². The van der Waals surface area contributed by atoms with E-state index in [0.717, 1.165) is 28.1 Å². The zero-order valence-corrected chi connectivity index (χ0v) is 29.5. The first kappa shape index (κ1) is 50.6. The van der Waals surface area contributed by atoms with Gasteiger partial charge in [-0.1, -0.05) is 26.2 Å². The summed E-state index contributed by atoms with van der Waals surface area (Å²) in [6.45, 7) is 6.43. The third kappa shape index (κ3) is 18.7. The Kier molecular flexibility index (Phi) is 19.4. The molecule has 0 aromatic heterocycles. The molecule has 0 spiro atoms. The zero-order chi connectivity index (χ0) is 40.9. The van der Waals surface area contributed by atoms with Crippen molar-refractivity contribution in [3.8, 4) is 0 Å². The van der Waals surface area contributed by atoms with Crippen LogP contribution >= 0.6 is 0 Å². The van der Waals surface area contributed by atoms with E-state index in [1.807, 2.05) is 19.4 Å². The normalized spacial score (nSPS) is 15.9. The molecule has 0 aromatic rings. The number of alkyl halides is 12. The number of hydrogen-bond donors (Lipinski definition) is 1. The quantitative estimate of drug-likeness (QED) is 0.231. The molecule has 0 saturated carbocycles. The Labute approximate surface area is 285 Å². The lowest BCUT2D eigenvalue weighted by Crippen LogP contribution is -2.30. The van der Waals surface area contributed by atoms with Gasteiger partial charge in [0.1, 0.15) is 0 Å². The molecule has 2 aliphatic rings.